The van der Waals surface area contributed by atoms with Crippen LogP contribution in [-0.4, -0.2) is 46.1 Å². The normalized spacial score (nSPS) is 19.0. The quantitative estimate of drug-likeness (QED) is 0.773. The largest absolute Gasteiger partial charge is 0.465 e. The van der Waals surface area contributed by atoms with Gasteiger partial charge in [-0.2, -0.15) is 13.2 Å². The second kappa shape index (κ2) is 7.26. The van der Waals surface area contributed by atoms with Crippen LogP contribution in [0.5, 0.6) is 0 Å². The molecule has 0 radical (unpaired) electrons. The topological polar surface area (TPSA) is 46.8 Å². The van der Waals surface area contributed by atoms with Crippen molar-refractivity contribution in [3.05, 3.63) is 35.3 Å². The van der Waals surface area contributed by atoms with Crippen molar-refractivity contribution in [2.24, 2.45) is 0 Å². The van der Waals surface area contributed by atoms with Crippen molar-refractivity contribution in [3.63, 3.8) is 0 Å². The van der Waals surface area contributed by atoms with E-state index in [1.807, 2.05) is 11.3 Å². The highest BCUT2D eigenvalue weighted by Crippen LogP contribution is 2.33. The van der Waals surface area contributed by atoms with Gasteiger partial charge in [-0.1, -0.05) is 13.3 Å². The molecule has 142 valence electrons. The van der Waals surface area contributed by atoms with Crippen molar-refractivity contribution in [3.8, 4) is 0 Å². The molecule has 3 rings (SSSR count). The number of aryl methyl sites for hydroxylation is 1. The minimum Gasteiger partial charge on any atom is -0.465 e. The molecule has 1 aliphatic heterocycles. The van der Waals surface area contributed by atoms with Crippen molar-refractivity contribution in [1.29, 1.82) is 0 Å². The third kappa shape index (κ3) is 3.56. The highest BCUT2D eigenvalue weighted by Gasteiger charge is 2.44. The number of pyridine rings is 1. The smallest absolute Gasteiger partial charge is 0.404 e. The van der Waals surface area contributed by atoms with Gasteiger partial charge >= 0.3 is 12.1 Å². The van der Waals surface area contributed by atoms with Crippen LogP contribution >= 0.6 is 0 Å². The molecule has 0 N–H and O–H groups in total. The lowest BCUT2D eigenvalue weighted by molar-refractivity contribution is -0.192. The Morgan fingerprint density at radius 1 is 1.38 bits per heavy atom. The molecule has 0 amide bonds. The van der Waals surface area contributed by atoms with Gasteiger partial charge in [-0.3, -0.25) is 4.90 Å². The number of aromatic nitrogens is 2. The maximum absolute atomic E-state index is 13.3. The number of methoxy groups -OCH3 is 1. The molecule has 1 unspecified atom stereocenters. The Balaban J connectivity index is 1.94. The first-order valence-corrected chi connectivity index (χ1v) is 8.74. The number of hydrogen-bond acceptors (Lipinski definition) is 4. The second-order valence-corrected chi connectivity index (χ2v) is 6.52. The van der Waals surface area contributed by atoms with Crippen LogP contribution in [0.2, 0.25) is 0 Å². The predicted molar refractivity (Wildman–Crippen MR) is 90.0 cm³/mol. The van der Waals surface area contributed by atoms with E-state index in [0.29, 0.717) is 36.3 Å². The maximum atomic E-state index is 13.3. The number of carbonyl (C=O) groups is 1. The van der Waals surface area contributed by atoms with Crippen molar-refractivity contribution < 1.29 is 22.7 Å². The molecule has 2 aromatic rings. The molecule has 0 spiro atoms. The Morgan fingerprint density at radius 2 is 2.15 bits per heavy atom. The molecule has 2 aromatic heterocycles. The number of ether oxygens (including phenoxy) is 1. The summed E-state index contributed by atoms with van der Waals surface area (Å²) in [6, 6.07) is 1.81. The molecule has 0 aromatic carbocycles. The fraction of sp³-hybridized carbons (Fsp3) is 0.556. The van der Waals surface area contributed by atoms with Gasteiger partial charge in [0.05, 0.1) is 18.4 Å². The number of likely N-dealkylation sites (tertiary alicyclic amines) is 1. The maximum Gasteiger partial charge on any atom is 0.404 e. The average Bonchev–Trinajstić information content (AvgIpc) is 2.96. The first kappa shape index (κ1) is 18.7. The predicted octanol–water partition coefficient (Wildman–Crippen LogP) is 3.60. The number of esters is 1. The molecular weight excluding hydrogens is 347 g/mol. The van der Waals surface area contributed by atoms with Gasteiger partial charge in [-0.25, -0.2) is 9.78 Å². The van der Waals surface area contributed by atoms with Crippen LogP contribution in [0.15, 0.2) is 18.3 Å². The minimum absolute atomic E-state index is 0.130. The first-order valence-electron chi connectivity index (χ1n) is 8.74. The molecule has 1 atom stereocenters. The van der Waals surface area contributed by atoms with Crippen LogP contribution in [0.25, 0.3) is 5.65 Å². The number of halogens is 3. The molecular formula is C18H22F3N3O2. The summed E-state index contributed by atoms with van der Waals surface area (Å²) in [7, 11) is 1.30. The molecule has 0 saturated carbocycles. The fourth-order valence-electron chi connectivity index (χ4n) is 3.63. The second-order valence-electron chi connectivity index (χ2n) is 6.52. The van der Waals surface area contributed by atoms with E-state index in [4.69, 9.17) is 4.74 Å². The summed E-state index contributed by atoms with van der Waals surface area (Å²) in [5.41, 5.74) is 2.40. The lowest BCUT2D eigenvalue weighted by atomic mass is 10.0. The average molecular weight is 369 g/mol. The number of piperidine rings is 1. The number of nitrogens with zero attached hydrogens (tertiary/aromatic N) is 3. The SMILES string of the molecule is CCc1c(CN2CCCCC2C(F)(F)F)nc2cc(C(=O)OC)ccn12. The van der Waals surface area contributed by atoms with Gasteiger partial charge in [-0.05, 0) is 37.9 Å². The molecule has 3 heterocycles. The van der Waals surface area contributed by atoms with E-state index < -0.39 is 18.2 Å². The third-order valence-corrected chi connectivity index (χ3v) is 4.91. The molecule has 0 bridgehead atoms. The number of rotatable bonds is 4. The lowest BCUT2D eigenvalue weighted by Gasteiger charge is -2.36. The number of carbonyl (C=O) groups excluding carboxylic acids is 1. The Kier molecular flexibility index (Phi) is 5.22. The van der Waals surface area contributed by atoms with E-state index in [9.17, 15) is 18.0 Å². The van der Waals surface area contributed by atoms with Crippen LogP contribution < -0.4 is 0 Å². The summed E-state index contributed by atoms with van der Waals surface area (Å²) in [5, 5.41) is 0. The molecule has 5 nitrogen and oxygen atoms in total. The van der Waals surface area contributed by atoms with Crippen LogP contribution in [0.4, 0.5) is 13.2 Å². The van der Waals surface area contributed by atoms with Gasteiger partial charge in [0, 0.05) is 18.4 Å². The summed E-state index contributed by atoms with van der Waals surface area (Å²) in [5.74, 6) is -0.469. The summed E-state index contributed by atoms with van der Waals surface area (Å²) in [4.78, 5) is 17.7. The summed E-state index contributed by atoms with van der Waals surface area (Å²) >= 11 is 0. The standard InChI is InChI=1S/C18H22F3N3O2/c1-3-14-13(11-23-8-5-4-6-15(23)18(19,20)21)22-16-10-12(17(25)26-2)7-9-24(14)16/h7,9-10,15H,3-6,8,11H2,1-2H3. The van der Waals surface area contributed by atoms with Crippen molar-refractivity contribution in [2.75, 3.05) is 13.7 Å². The van der Waals surface area contributed by atoms with Crippen LogP contribution in [-0.2, 0) is 17.7 Å². The molecule has 1 saturated heterocycles. The third-order valence-electron chi connectivity index (χ3n) is 4.91. The van der Waals surface area contributed by atoms with Gasteiger partial charge in [0.25, 0.3) is 0 Å². The number of alkyl halides is 3. The van der Waals surface area contributed by atoms with Crippen molar-refractivity contribution in [1.82, 2.24) is 14.3 Å². The summed E-state index contributed by atoms with van der Waals surface area (Å²) in [6.45, 7) is 2.51. The highest BCUT2D eigenvalue weighted by atomic mass is 19.4. The van der Waals surface area contributed by atoms with E-state index in [0.717, 1.165) is 12.1 Å². The van der Waals surface area contributed by atoms with Crippen LogP contribution in [0.1, 0.15) is 47.9 Å². The lowest BCUT2D eigenvalue weighted by Crippen LogP contribution is -2.48. The van der Waals surface area contributed by atoms with Gasteiger partial charge in [0.2, 0.25) is 0 Å². The van der Waals surface area contributed by atoms with E-state index >= 15 is 0 Å². The molecule has 1 aliphatic rings. The number of hydrogen-bond donors (Lipinski definition) is 0. The molecule has 26 heavy (non-hydrogen) atoms. The monoisotopic (exact) mass is 369 g/mol. The molecule has 1 fully saturated rings. The molecule has 0 aliphatic carbocycles. The number of fused-ring (bicyclic) bond motifs is 1. The fourth-order valence-corrected chi connectivity index (χ4v) is 3.63. The van der Waals surface area contributed by atoms with E-state index in [1.165, 1.54) is 12.0 Å². The van der Waals surface area contributed by atoms with Gasteiger partial charge < -0.3 is 9.14 Å². The Hall–Kier alpha value is -2.09. The van der Waals surface area contributed by atoms with Crippen molar-refractivity contribution >= 4 is 11.6 Å². The number of imidazole rings is 1. The van der Waals surface area contributed by atoms with E-state index in [1.54, 1.807) is 18.3 Å². The zero-order valence-electron chi connectivity index (χ0n) is 14.8. The van der Waals surface area contributed by atoms with E-state index in [2.05, 4.69) is 4.98 Å². The van der Waals surface area contributed by atoms with Crippen LogP contribution in [0.3, 0.4) is 0 Å². The van der Waals surface area contributed by atoms with Gasteiger partial charge in [0.1, 0.15) is 11.7 Å². The Labute approximate surface area is 149 Å². The zero-order chi connectivity index (χ0) is 18.9. The summed E-state index contributed by atoms with van der Waals surface area (Å²) < 4.78 is 46.6. The van der Waals surface area contributed by atoms with Gasteiger partial charge in [0.15, 0.2) is 0 Å². The first-order chi connectivity index (χ1) is 12.3. The Morgan fingerprint density at radius 3 is 2.81 bits per heavy atom. The summed E-state index contributed by atoms with van der Waals surface area (Å²) in [6.07, 6.45) is -0.398. The molecule has 8 heteroatoms. The highest BCUT2D eigenvalue weighted by molar-refractivity contribution is 5.90. The van der Waals surface area contributed by atoms with Crippen molar-refractivity contribution in [2.45, 2.75) is 51.4 Å². The zero-order valence-corrected chi connectivity index (χ0v) is 14.8. The van der Waals surface area contributed by atoms with E-state index in [-0.39, 0.29) is 13.0 Å². The van der Waals surface area contributed by atoms with Crippen LogP contribution in [0, 0.1) is 0 Å². The minimum atomic E-state index is -4.23. The Bertz CT molecular complexity index is 801. The van der Waals surface area contributed by atoms with Gasteiger partial charge in [-0.15, -0.1) is 0 Å².